The number of nitrogen functional groups attached to an aromatic ring is 1. The number of aromatic carboxylic acids is 1. The Balaban J connectivity index is 1.59. The fourth-order valence-electron chi connectivity index (χ4n) is 5.29. The first-order valence-electron chi connectivity index (χ1n) is 12.2. The van der Waals surface area contributed by atoms with Crippen LogP contribution in [0.5, 0.6) is 0 Å². The Labute approximate surface area is 221 Å². The maximum absolute atomic E-state index is 13.9. The molecule has 0 bridgehead atoms. The number of nitrogens with one attached hydrogen (secondary N) is 3. The number of nitrogens with two attached hydrogens (primary N) is 1. The third-order valence-corrected chi connectivity index (χ3v) is 8.79. The van der Waals surface area contributed by atoms with Crippen LogP contribution in [-0.2, 0) is 14.8 Å². The van der Waals surface area contributed by atoms with Gasteiger partial charge in [0.2, 0.25) is 10.0 Å². The van der Waals surface area contributed by atoms with Gasteiger partial charge in [-0.2, -0.15) is 0 Å². The number of ketones is 1. The number of sulfonamides is 1. The van der Waals surface area contributed by atoms with Gasteiger partial charge in [0.25, 0.3) is 5.91 Å². The molecule has 2 heterocycles. The average molecular weight is 542 g/mol. The van der Waals surface area contributed by atoms with Crippen LogP contribution in [0.3, 0.4) is 0 Å². The molecule has 2 aromatic carbocycles. The summed E-state index contributed by atoms with van der Waals surface area (Å²) in [6.45, 7) is 1.21. The number of carboxylic acids is 1. The lowest BCUT2D eigenvalue weighted by molar-refractivity contribution is -0.120. The highest BCUT2D eigenvalue weighted by Gasteiger charge is 2.53. The standard InChI is InChI=1S/C26H31N5O6S/c1-38(36,37)31-12-10-16(11-13-31)20-14-26(29-15-20,22(32)17-2-4-18(5-3-17)23(27)28)25(35)30-21-8-6-19(7-9-21)24(33)34/h2-9,16,20,29H,10-15H2,1H3,(H3,27,28)(H,30,35)(H,33,34)/t20-,26-/m0/s1. The van der Waals surface area contributed by atoms with Crippen molar-refractivity contribution in [3.8, 4) is 0 Å². The quantitative estimate of drug-likeness (QED) is 0.144. The highest BCUT2D eigenvalue weighted by molar-refractivity contribution is 7.88. The van der Waals surface area contributed by atoms with Gasteiger partial charge in [-0.05, 0) is 61.9 Å². The molecule has 1 amide bonds. The number of Topliss-reactive ketones (excluding diaryl/α,β-unsaturated/α-hetero) is 1. The second-order valence-electron chi connectivity index (χ2n) is 9.91. The van der Waals surface area contributed by atoms with Crippen molar-refractivity contribution in [2.24, 2.45) is 17.6 Å². The van der Waals surface area contributed by atoms with Crippen molar-refractivity contribution in [3.63, 3.8) is 0 Å². The van der Waals surface area contributed by atoms with Crippen molar-refractivity contribution in [2.45, 2.75) is 24.8 Å². The number of hydrogen-bond acceptors (Lipinski definition) is 7. The minimum atomic E-state index is -3.27. The fourth-order valence-corrected chi connectivity index (χ4v) is 6.16. The molecule has 2 aliphatic rings. The first kappa shape index (κ1) is 27.4. The summed E-state index contributed by atoms with van der Waals surface area (Å²) in [6.07, 6.45) is 2.69. The minimum Gasteiger partial charge on any atom is -0.478 e. The zero-order valence-corrected chi connectivity index (χ0v) is 21.8. The summed E-state index contributed by atoms with van der Waals surface area (Å²) in [6, 6.07) is 11.9. The predicted octanol–water partition coefficient (Wildman–Crippen LogP) is 1.51. The van der Waals surface area contributed by atoms with Gasteiger partial charge in [-0.1, -0.05) is 24.3 Å². The SMILES string of the molecule is CS(=O)(=O)N1CCC([C@@H]2CN[C@](C(=O)Nc3ccc(C(=O)O)cc3)(C(=O)c3ccc(C(=N)N)cc3)C2)CC1. The van der Waals surface area contributed by atoms with Crippen molar-refractivity contribution >= 4 is 39.2 Å². The number of piperidine rings is 1. The largest absolute Gasteiger partial charge is 0.478 e. The van der Waals surface area contributed by atoms with E-state index in [1.165, 1.54) is 47.0 Å². The van der Waals surface area contributed by atoms with E-state index in [2.05, 4.69) is 10.6 Å². The third-order valence-electron chi connectivity index (χ3n) is 7.49. The number of hydrogen-bond donors (Lipinski definition) is 5. The van der Waals surface area contributed by atoms with Crippen molar-refractivity contribution in [1.82, 2.24) is 9.62 Å². The summed E-state index contributed by atoms with van der Waals surface area (Å²) in [4.78, 5) is 38.7. The maximum Gasteiger partial charge on any atom is 0.335 e. The van der Waals surface area contributed by atoms with Gasteiger partial charge in [0, 0.05) is 29.9 Å². The van der Waals surface area contributed by atoms with Crippen LogP contribution in [0.15, 0.2) is 48.5 Å². The van der Waals surface area contributed by atoms with Crippen LogP contribution in [0.25, 0.3) is 0 Å². The number of benzene rings is 2. The number of anilines is 1. The molecule has 2 fully saturated rings. The number of rotatable bonds is 8. The molecule has 12 heteroatoms. The summed E-state index contributed by atoms with van der Waals surface area (Å²) in [7, 11) is -3.27. The molecule has 202 valence electrons. The highest BCUT2D eigenvalue weighted by Crippen LogP contribution is 2.38. The molecule has 2 atom stereocenters. The van der Waals surface area contributed by atoms with Crippen LogP contribution in [-0.4, -0.2) is 72.8 Å². The monoisotopic (exact) mass is 541 g/mol. The predicted molar refractivity (Wildman–Crippen MR) is 142 cm³/mol. The Morgan fingerprint density at radius 1 is 1.00 bits per heavy atom. The number of nitrogens with zero attached hydrogens (tertiary/aromatic N) is 1. The number of carbonyl (C=O) groups excluding carboxylic acids is 2. The molecule has 38 heavy (non-hydrogen) atoms. The Kier molecular flexibility index (Phi) is 7.68. The molecule has 0 aliphatic carbocycles. The van der Waals surface area contributed by atoms with Crippen LogP contribution in [0.4, 0.5) is 5.69 Å². The normalized spacial score (nSPS) is 22.6. The van der Waals surface area contributed by atoms with E-state index in [4.69, 9.17) is 16.2 Å². The van der Waals surface area contributed by atoms with Gasteiger partial charge < -0.3 is 16.2 Å². The molecular weight excluding hydrogens is 510 g/mol. The van der Waals surface area contributed by atoms with E-state index in [0.29, 0.717) is 43.7 Å². The minimum absolute atomic E-state index is 0.0303. The molecular formula is C26H31N5O6S. The van der Waals surface area contributed by atoms with Gasteiger partial charge in [0.05, 0.1) is 11.8 Å². The fraction of sp³-hybridized carbons (Fsp3) is 0.385. The molecule has 11 nitrogen and oxygen atoms in total. The van der Waals surface area contributed by atoms with Gasteiger partial charge in [-0.15, -0.1) is 0 Å². The van der Waals surface area contributed by atoms with Crippen molar-refractivity contribution < 1.29 is 27.9 Å². The third kappa shape index (κ3) is 5.62. The number of carboxylic acid groups (broad SMARTS) is 1. The van der Waals surface area contributed by atoms with E-state index in [1.807, 2.05) is 0 Å². The molecule has 2 saturated heterocycles. The first-order chi connectivity index (χ1) is 17.9. The average Bonchev–Trinajstić information content (AvgIpc) is 3.35. The lowest BCUT2D eigenvalue weighted by atomic mass is 9.77. The summed E-state index contributed by atoms with van der Waals surface area (Å²) in [5.74, 6) is -2.11. The molecule has 0 spiro atoms. The smallest absolute Gasteiger partial charge is 0.335 e. The summed E-state index contributed by atoms with van der Waals surface area (Å²) >= 11 is 0. The van der Waals surface area contributed by atoms with Crippen molar-refractivity contribution in [1.29, 1.82) is 5.41 Å². The molecule has 0 saturated carbocycles. The molecule has 0 unspecified atom stereocenters. The van der Waals surface area contributed by atoms with Gasteiger partial charge in [0.1, 0.15) is 5.84 Å². The Hall–Kier alpha value is -3.61. The van der Waals surface area contributed by atoms with Crippen LogP contribution < -0.4 is 16.4 Å². The van der Waals surface area contributed by atoms with Gasteiger partial charge in [-0.3, -0.25) is 20.3 Å². The lowest BCUT2D eigenvalue weighted by Gasteiger charge is -2.34. The summed E-state index contributed by atoms with van der Waals surface area (Å²) in [5, 5.41) is 22.7. The molecule has 2 aromatic rings. The van der Waals surface area contributed by atoms with Crippen LogP contribution in [0.1, 0.15) is 45.5 Å². The van der Waals surface area contributed by atoms with Crippen LogP contribution >= 0.6 is 0 Å². The van der Waals surface area contributed by atoms with Gasteiger partial charge in [-0.25, -0.2) is 17.5 Å². The zero-order chi connectivity index (χ0) is 27.7. The number of amidine groups is 1. The van der Waals surface area contributed by atoms with E-state index in [9.17, 15) is 22.8 Å². The molecule has 6 N–H and O–H groups in total. The number of amides is 1. The molecule has 0 radical (unpaired) electrons. The Bertz CT molecular complexity index is 1350. The van der Waals surface area contributed by atoms with E-state index >= 15 is 0 Å². The molecule has 0 aromatic heterocycles. The lowest BCUT2D eigenvalue weighted by Crippen LogP contribution is -2.57. The van der Waals surface area contributed by atoms with Crippen LogP contribution in [0, 0.1) is 17.2 Å². The Morgan fingerprint density at radius 3 is 2.08 bits per heavy atom. The molecule has 4 rings (SSSR count). The number of carbonyl (C=O) groups is 3. The second-order valence-corrected chi connectivity index (χ2v) is 11.9. The van der Waals surface area contributed by atoms with E-state index in [1.54, 1.807) is 12.1 Å². The van der Waals surface area contributed by atoms with Gasteiger partial charge >= 0.3 is 5.97 Å². The maximum atomic E-state index is 13.9. The highest BCUT2D eigenvalue weighted by atomic mass is 32.2. The van der Waals surface area contributed by atoms with Gasteiger partial charge in [0.15, 0.2) is 11.3 Å². The summed E-state index contributed by atoms with van der Waals surface area (Å²) < 4.78 is 25.3. The van der Waals surface area contributed by atoms with Crippen molar-refractivity contribution in [3.05, 3.63) is 65.2 Å². The summed E-state index contributed by atoms with van der Waals surface area (Å²) in [5.41, 5.74) is 5.11. The van der Waals surface area contributed by atoms with Crippen molar-refractivity contribution in [2.75, 3.05) is 31.2 Å². The van der Waals surface area contributed by atoms with E-state index in [-0.39, 0.29) is 35.2 Å². The molecule has 2 aliphatic heterocycles. The zero-order valence-electron chi connectivity index (χ0n) is 20.9. The van der Waals surface area contributed by atoms with E-state index < -0.39 is 33.2 Å². The topological polar surface area (TPSA) is 183 Å². The first-order valence-corrected chi connectivity index (χ1v) is 14.1. The van der Waals surface area contributed by atoms with Crippen LogP contribution in [0.2, 0.25) is 0 Å². The second kappa shape index (κ2) is 10.6. The van der Waals surface area contributed by atoms with E-state index in [0.717, 1.165) is 0 Å². The Morgan fingerprint density at radius 2 is 1.55 bits per heavy atom.